The zero-order chi connectivity index (χ0) is 20.5. The number of nitrogens with one attached hydrogen (secondary N) is 2. The molecule has 2 amide bonds. The fourth-order valence-electron chi connectivity index (χ4n) is 3.00. The van der Waals surface area contributed by atoms with Crippen molar-refractivity contribution in [2.75, 3.05) is 39.0 Å². The predicted octanol–water partition coefficient (Wildman–Crippen LogP) is 3.22. The molecule has 1 aliphatic rings. The largest absolute Gasteiger partial charge is 0.467 e. The molecule has 0 unspecified atom stereocenters. The van der Waals surface area contributed by atoms with Gasteiger partial charge in [0, 0.05) is 24.9 Å². The van der Waals surface area contributed by atoms with Crippen LogP contribution in [0.15, 0.2) is 36.4 Å². The van der Waals surface area contributed by atoms with Gasteiger partial charge in [-0.25, -0.2) is 9.18 Å². The van der Waals surface area contributed by atoms with E-state index in [1.54, 1.807) is 13.2 Å². The summed E-state index contributed by atoms with van der Waals surface area (Å²) in [5, 5.41) is 5.57. The van der Waals surface area contributed by atoms with Crippen LogP contribution in [-0.2, 0) is 33.8 Å². The van der Waals surface area contributed by atoms with Gasteiger partial charge in [0.2, 0.25) is 0 Å². The molecule has 0 spiro atoms. The molecule has 3 rings (SSSR count). The van der Waals surface area contributed by atoms with E-state index in [9.17, 15) is 9.18 Å². The first-order chi connectivity index (χ1) is 14.2. The smallest absolute Gasteiger partial charge is 0.319 e. The highest BCUT2D eigenvalue weighted by molar-refractivity contribution is 5.89. The molecule has 0 radical (unpaired) electrons. The maximum Gasteiger partial charge on any atom is 0.319 e. The summed E-state index contributed by atoms with van der Waals surface area (Å²) in [6.45, 7) is 2.28. The van der Waals surface area contributed by atoms with Crippen molar-refractivity contribution >= 4 is 11.7 Å². The normalized spacial score (nSPS) is 12.8. The van der Waals surface area contributed by atoms with Gasteiger partial charge in [-0.05, 0) is 41.8 Å². The summed E-state index contributed by atoms with van der Waals surface area (Å²) < 4.78 is 34.9. The van der Waals surface area contributed by atoms with Crippen LogP contribution in [0.1, 0.15) is 16.7 Å². The average molecular weight is 404 g/mol. The molecule has 1 heterocycles. The zero-order valence-electron chi connectivity index (χ0n) is 16.3. The number of rotatable bonds is 9. The molecule has 2 aromatic rings. The molecule has 0 bridgehead atoms. The molecule has 0 aromatic heterocycles. The lowest BCUT2D eigenvalue weighted by molar-refractivity contribution is -0.0172. The minimum atomic E-state index is -0.346. The Morgan fingerprint density at radius 2 is 2.14 bits per heavy atom. The van der Waals surface area contributed by atoms with Crippen LogP contribution < -0.4 is 15.4 Å². The van der Waals surface area contributed by atoms with Gasteiger partial charge in [0.1, 0.15) is 11.6 Å². The number of amides is 2. The molecule has 0 atom stereocenters. The molecule has 8 heteroatoms. The van der Waals surface area contributed by atoms with Crippen LogP contribution in [0.4, 0.5) is 14.9 Å². The van der Waals surface area contributed by atoms with E-state index in [0.717, 1.165) is 5.56 Å². The quantitative estimate of drug-likeness (QED) is 0.628. The maximum absolute atomic E-state index is 13.8. The van der Waals surface area contributed by atoms with Crippen LogP contribution in [0.2, 0.25) is 0 Å². The van der Waals surface area contributed by atoms with Crippen molar-refractivity contribution < 1.29 is 28.1 Å². The second-order valence-electron chi connectivity index (χ2n) is 6.54. The van der Waals surface area contributed by atoms with Gasteiger partial charge >= 0.3 is 6.03 Å². The number of benzene rings is 2. The molecule has 1 aliphatic heterocycles. The molecule has 156 valence electrons. The van der Waals surface area contributed by atoms with Gasteiger partial charge in [-0.3, -0.25) is 0 Å². The number of carbonyl (C=O) groups is 1. The van der Waals surface area contributed by atoms with Crippen molar-refractivity contribution in [1.82, 2.24) is 5.32 Å². The Bertz CT molecular complexity index is 831. The van der Waals surface area contributed by atoms with E-state index in [4.69, 9.17) is 18.9 Å². The van der Waals surface area contributed by atoms with Gasteiger partial charge in [0.15, 0.2) is 6.79 Å². The van der Waals surface area contributed by atoms with E-state index in [0.29, 0.717) is 62.0 Å². The van der Waals surface area contributed by atoms with Gasteiger partial charge < -0.3 is 29.6 Å². The van der Waals surface area contributed by atoms with Crippen LogP contribution in [0.3, 0.4) is 0 Å². The Labute approximate surface area is 169 Å². The monoisotopic (exact) mass is 404 g/mol. The van der Waals surface area contributed by atoms with Crippen LogP contribution in [-0.4, -0.2) is 39.7 Å². The molecular formula is C21H25FN2O5. The lowest BCUT2D eigenvalue weighted by Crippen LogP contribution is -2.30. The lowest BCUT2D eigenvalue weighted by atomic mass is 10.1. The second-order valence-corrected chi connectivity index (χ2v) is 6.54. The van der Waals surface area contributed by atoms with E-state index in [2.05, 4.69) is 10.6 Å². The first-order valence-corrected chi connectivity index (χ1v) is 9.38. The Kier molecular flexibility index (Phi) is 7.80. The molecule has 2 aromatic carbocycles. The zero-order valence-corrected chi connectivity index (χ0v) is 16.3. The van der Waals surface area contributed by atoms with Crippen molar-refractivity contribution in [3.8, 4) is 5.75 Å². The maximum atomic E-state index is 13.8. The Hall–Kier alpha value is -2.68. The van der Waals surface area contributed by atoms with Gasteiger partial charge in [-0.1, -0.05) is 12.1 Å². The minimum absolute atomic E-state index is 0.144. The van der Waals surface area contributed by atoms with Crippen LogP contribution in [0, 0.1) is 5.82 Å². The summed E-state index contributed by atoms with van der Waals surface area (Å²) >= 11 is 0. The Morgan fingerprint density at radius 3 is 3.00 bits per heavy atom. The molecule has 0 aliphatic carbocycles. The number of hydrogen-bond donors (Lipinski definition) is 2. The Balaban J connectivity index is 1.48. The molecule has 0 saturated carbocycles. The summed E-state index contributed by atoms with van der Waals surface area (Å²) in [6, 6.07) is 9.92. The highest BCUT2D eigenvalue weighted by Crippen LogP contribution is 2.29. The third-order valence-corrected chi connectivity index (χ3v) is 4.32. The van der Waals surface area contributed by atoms with Gasteiger partial charge in [0.25, 0.3) is 0 Å². The first kappa shape index (κ1) is 21.0. The number of methoxy groups -OCH3 is 1. The summed E-state index contributed by atoms with van der Waals surface area (Å²) in [6.07, 6.45) is 0.445. The Morgan fingerprint density at radius 1 is 1.24 bits per heavy atom. The fraction of sp³-hybridized carbons (Fsp3) is 0.381. The SMILES string of the molecule is COCCOCc1cccc(NC(=O)NCCc2cc(F)cc3c2OCOC3)c1. The number of hydrogen-bond acceptors (Lipinski definition) is 5. The molecule has 0 saturated heterocycles. The fourth-order valence-corrected chi connectivity index (χ4v) is 3.00. The molecule has 29 heavy (non-hydrogen) atoms. The highest BCUT2D eigenvalue weighted by Gasteiger charge is 2.17. The number of ether oxygens (including phenoxy) is 4. The summed E-state index contributed by atoms with van der Waals surface area (Å²) in [4.78, 5) is 12.2. The van der Waals surface area contributed by atoms with Crippen molar-refractivity contribution in [1.29, 1.82) is 0 Å². The third-order valence-electron chi connectivity index (χ3n) is 4.32. The summed E-state index contributed by atoms with van der Waals surface area (Å²) in [5.74, 6) is 0.294. The van der Waals surface area contributed by atoms with E-state index < -0.39 is 0 Å². The number of fused-ring (bicyclic) bond motifs is 1. The molecular weight excluding hydrogens is 379 g/mol. The second kappa shape index (κ2) is 10.8. The average Bonchev–Trinajstić information content (AvgIpc) is 2.71. The van der Waals surface area contributed by atoms with E-state index in [-0.39, 0.29) is 18.6 Å². The van der Waals surface area contributed by atoms with Crippen molar-refractivity contribution in [2.24, 2.45) is 0 Å². The van der Waals surface area contributed by atoms with Crippen LogP contribution in [0.25, 0.3) is 0 Å². The third kappa shape index (κ3) is 6.42. The van der Waals surface area contributed by atoms with E-state index >= 15 is 0 Å². The summed E-state index contributed by atoms with van der Waals surface area (Å²) in [5.41, 5.74) is 3.00. The standard InChI is InChI=1S/C21H25FN2O5/c1-26-7-8-27-12-15-3-2-4-19(9-15)24-21(25)23-6-5-16-10-18(22)11-17-13-28-14-29-20(16)17/h2-4,9-11H,5-8,12-14H2,1H3,(H2,23,24,25). The first-order valence-electron chi connectivity index (χ1n) is 9.38. The number of anilines is 1. The number of halogens is 1. The lowest BCUT2D eigenvalue weighted by Gasteiger charge is -2.21. The van der Waals surface area contributed by atoms with Gasteiger partial charge in [-0.2, -0.15) is 0 Å². The topological polar surface area (TPSA) is 78.1 Å². The minimum Gasteiger partial charge on any atom is -0.467 e. The molecule has 2 N–H and O–H groups in total. The van der Waals surface area contributed by atoms with E-state index in [1.807, 2.05) is 18.2 Å². The van der Waals surface area contributed by atoms with Crippen molar-refractivity contribution in [3.05, 3.63) is 58.9 Å². The van der Waals surface area contributed by atoms with Crippen LogP contribution in [0.5, 0.6) is 5.75 Å². The van der Waals surface area contributed by atoms with E-state index in [1.165, 1.54) is 12.1 Å². The number of urea groups is 1. The highest BCUT2D eigenvalue weighted by atomic mass is 19.1. The van der Waals surface area contributed by atoms with Crippen molar-refractivity contribution in [2.45, 2.75) is 19.6 Å². The number of carbonyl (C=O) groups excluding carboxylic acids is 1. The summed E-state index contributed by atoms with van der Waals surface area (Å²) in [7, 11) is 1.62. The molecule has 7 nitrogen and oxygen atoms in total. The predicted molar refractivity (Wildman–Crippen MR) is 105 cm³/mol. The van der Waals surface area contributed by atoms with Crippen LogP contribution >= 0.6 is 0 Å². The van der Waals surface area contributed by atoms with Gasteiger partial charge in [0.05, 0.1) is 26.4 Å². The molecule has 0 fully saturated rings. The van der Waals surface area contributed by atoms with Crippen molar-refractivity contribution in [3.63, 3.8) is 0 Å². The van der Waals surface area contributed by atoms with Gasteiger partial charge in [-0.15, -0.1) is 0 Å².